The van der Waals surface area contributed by atoms with Crippen LogP contribution in [-0.2, 0) is 28.7 Å². The van der Waals surface area contributed by atoms with Crippen molar-refractivity contribution in [1.82, 2.24) is 5.32 Å². The maximum absolute atomic E-state index is 12.0. The van der Waals surface area contributed by atoms with Gasteiger partial charge in [0.25, 0.3) is 0 Å². The van der Waals surface area contributed by atoms with E-state index >= 15 is 0 Å². The molecule has 1 amide bonds. The van der Waals surface area contributed by atoms with Crippen LogP contribution in [0, 0.1) is 0 Å². The zero-order valence-corrected chi connectivity index (χ0v) is 22.5. The lowest BCUT2D eigenvalue weighted by Crippen LogP contribution is -2.29. The highest BCUT2D eigenvalue weighted by Crippen LogP contribution is 2.15. The number of ether oxygens (including phenoxy) is 2. The maximum atomic E-state index is 12.0. The summed E-state index contributed by atoms with van der Waals surface area (Å²) in [5, 5.41) is 10.8. The number of nitrogens with one attached hydrogen (secondary N) is 1. The molecule has 200 valence electrons. The number of amides is 1. The molecule has 0 rings (SSSR count). The van der Waals surface area contributed by atoms with E-state index in [1.807, 2.05) is 13.8 Å². The van der Waals surface area contributed by atoms with Gasteiger partial charge < -0.3 is 19.9 Å². The molecule has 2 N–H and O–H groups in total. The standard InChI is InChI=1S/C23H41NO7S.C2H6/c1-3-4-5-6-7-8-9-10-11-12-20(31-19(2)25)17-23(29)30-14-16-32-15-13-21(26)24-18-22(27)28;1-2/h20H,3-18H2,1-2H3,(H,24,26)(H,27,28);1-2H3. The molecule has 34 heavy (non-hydrogen) atoms. The molecule has 8 nitrogen and oxygen atoms in total. The van der Waals surface area contributed by atoms with Crippen LogP contribution in [0.2, 0.25) is 0 Å². The first-order valence-electron chi connectivity index (χ1n) is 12.7. The van der Waals surface area contributed by atoms with Gasteiger partial charge in [-0.05, 0) is 12.8 Å². The molecule has 0 heterocycles. The zero-order valence-electron chi connectivity index (χ0n) is 21.7. The van der Waals surface area contributed by atoms with E-state index in [4.69, 9.17) is 14.6 Å². The van der Waals surface area contributed by atoms with Gasteiger partial charge in [-0.2, -0.15) is 11.8 Å². The van der Waals surface area contributed by atoms with Crippen LogP contribution >= 0.6 is 11.8 Å². The molecular weight excluding hydrogens is 458 g/mol. The Balaban J connectivity index is 0. The van der Waals surface area contributed by atoms with Crippen molar-refractivity contribution in [3.63, 3.8) is 0 Å². The third kappa shape index (κ3) is 26.5. The largest absolute Gasteiger partial charge is 0.480 e. The summed E-state index contributed by atoms with van der Waals surface area (Å²) in [6.07, 6.45) is 11.3. The summed E-state index contributed by atoms with van der Waals surface area (Å²) in [6, 6.07) is 0. The van der Waals surface area contributed by atoms with Gasteiger partial charge in [0.2, 0.25) is 5.91 Å². The first-order chi connectivity index (χ1) is 16.3. The van der Waals surface area contributed by atoms with E-state index in [1.165, 1.54) is 57.2 Å². The minimum absolute atomic E-state index is 0.0544. The summed E-state index contributed by atoms with van der Waals surface area (Å²) < 4.78 is 10.5. The molecular formula is C25H47NO7S. The summed E-state index contributed by atoms with van der Waals surface area (Å²) in [4.78, 5) is 45.1. The number of hydrogen-bond donors (Lipinski definition) is 2. The van der Waals surface area contributed by atoms with E-state index in [0.717, 1.165) is 19.3 Å². The first-order valence-corrected chi connectivity index (χ1v) is 13.9. The number of carbonyl (C=O) groups excluding carboxylic acids is 3. The molecule has 0 aliphatic rings. The molecule has 0 spiro atoms. The van der Waals surface area contributed by atoms with Gasteiger partial charge in [0.05, 0.1) is 6.42 Å². The third-order valence-corrected chi connectivity index (χ3v) is 5.71. The molecule has 0 aromatic rings. The number of thioether (sulfide) groups is 1. The molecule has 0 aliphatic carbocycles. The second-order valence-corrected chi connectivity index (χ2v) is 9.03. The smallest absolute Gasteiger partial charge is 0.322 e. The van der Waals surface area contributed by atoms with Gasteiger partial charge in [-0.3, -0.25) is 19.2 Å². The zero-order chi connectivity index (χ0) is 26.0. The quantitative estimate of drug-likeness (QED) is 0.163. The van der Waals surface area contributed by atoms with Gasteiger partial charge in [0.1, 0.15) is 19.3 Å². The highest BCUT2D eigenvalue weighted by Gasteiger charge is 2.17. The van der Waals surface area contributed by atoms with E-state index in [0.29, 0.717) is 17.9 Å². The Labute approximate surface area is 210 Å². The highest BCUT2D eigenvalue weighted by atomic mass is 32.2. The normalized spacial score (nSPS) is 11.1. The van der Waals surface area contributed by atoms with Crippen molar-refractivity contribution in [2.24, 2.45) is 0 Å². The fraction of sp³-hybridized carbons (Fsp3) is 0.840. The number of unbranched alkanes of at least 4 members (excludes halogenated alkanes) is 8. The second-order valence-electron chi connectivity index (χ2n) is 7.81. The molecule has 0 aliphatic heterocycles. The molecule has 1 unspecified atom stereocenters. The first kappa shape index (κ1) is 34.4. The van der Waals surface area contributed by atoms with Gasteiger partial charge in [-0.25, -0.2) is 0 Å². The number of aliphatic carboxylic acids is 1. The van der Waals surface area contributed by atoms with Gasteiger partial charge in [-0.1, -0.05) is 72.1 Å². The number of esters is 2. The SMILES string of the molecule is CC.CCCCCCCCCCCC(CC(=O)OCCSCCC(=O)NCC(=O)O)OC(C)=O. The Morgan fingerprint density at radius 3 is 2.06 bits per heavy atom. The molecule has 0 aromatic carbocycles. The van der Waals surface area contributed by atoms with Gasteiger partial charge in [0, 0.05) is 24.9 Å². The molecule has 1 atom stereocenters. The lowest BCUT2D eigenvalue weighted by atomic mass is 10.0. The summed E-state index contributed by atoms with van der Waals surface area (Å²) in [5.41, 5.74) is 0. The predicted molar refractivity (Wildman–Crippen MR) is 137 cm³/mol. The van der Waals surface area contributed by atoms with E-state index in [-0.39, 0.29) is 31.9 Å². The average Bonchev–Trinajstić information content (AvgIpc) is 2.79. The molecule has 0 fully saturated rings. The topological polar surface area (TPSA) is 119 Å². The van der Waals surface area contributed by atoms with E-state index in [9.17, 15) is 19.2 Å². The molecule has 9 heteroatoms. The fourth-order valence-corrected chi connectivity index (χ4v) is 3.84. The van der Waals surface area contributed by atoms with E-state index in [1.54, 1.807) is 0 Å². The molecule has 0 radical (unpaired) electrons. The third-order valence-electron chi connectivity index (χ3n) is 4.76. The van der Waals surface area contributed by atoms with Crippen molar-refractivity contribution in [3.05, 3.63) is 0 Å². The summed E-state index contributed by atoms with van der Waals surface area (Å²) in [7, 11) is 0. The molecule has 0 saturated heterocycles. The lowest BCUT2D eigenvalue weighted by molar-refractivity contribution is -0.153. The van der Waals surface area contributed by atoms with Gasteiger partial charge in [-0.15, -0.1) is 0 Å². The van der Waals surface area contributed by atoms with Crippen LogP contribution in [0.4, 0.5) is 0 Å². The monoisotopic (exact) mass is 505 g/mol. The fourth-order valence-electron chi connectivity index (χ4n) is 3.11. The van der Waals surface area contributed by atoms with Crippen molar-refractivity contribution in [1.29, 1.82) is 0 Å². The highest BCUT2D eigenvalue weighted by molar-refractivity contribution is 7.99. The number of rotatable bonds is 21. The van der Waals surface area contributed by atoms with E-state index < -0.39 is 24.0 Å². The van der Waals surface area contributed by atoms with Crippen LogP contribution in [0.25, 0.3) is 0 Å². The Hall–Kier alpha value is -1.77. The Morgan fingerprint density at radius 2 is 1.50 bits per heavy atom. The number of carboxylic acid groups (broad SMARTS) is 1. The van der Waals surface area contributed by atoms with Gasteiger partial charge >= 0.3 is 17.9 Å². The van der Waals surface area contributed by atoms with E-state index in [2.05, 4.69) is 12.2 Å². The van der Waals surface area contributed by atoms with Crippen molar-refractivity contribution >= 4 is 35.6 Å². The summed E-state index contributed by atoms with van der Waals surface area (Å²) >= 11 is 1.44. The maximum Gasteiger partial charge on any atom is 0.322 e. The predicted octanol–water partition coefficient (Wildman–Crippen LogP) is 5.12. The summed E-state index contributed by atoms with van der Waals surface area (Å²) in [5.74, 6) is -1.14. The van der Waals surface area contributed by atoms with Crippen LogP contribution < -0.4 is 5.32 Å². The van der Waals surface area contributed by atoms with Crippen LogP contribution in [0.3, 0.4) is 0 Å². The Kier molecular flexibility index (Phi) is 26.1. The van der Waals surface area contributed by atoms with Crippen LogP contribution in [-0.4, -0.2) is 59.7 Å². The molecule has 0 saturated carbocycles. The average molecular weight is 506 g/mol. The van der Waals surface area contributed by atoms with Crippen molar-refractivity contribution in [3.8, 4) is 0 Å². The van der Waals surface area contributed by atoms with Crippen LogP contribution in [0.1, 0.15) is 105 Å². The van der Waals surface area contributed by atoms with Crippen LogP contribution in [0.15, 0.2) is 0 Å². The van der Waals surface area contributed by atoms with Crippen molar-refractivity contribution < 1.29 is 33.8 Å². The lowest BCUT2D eigenvalue weighted by Gasteiger charge is -2.16. The van der Waals surface area contributed by atoms with Crippen LogP contribution in [0.5, 0.6) is 0 Å². The molecule has 0 bridgehead atoms. The minimum atomic E-state index is -1.08. The van der Waals surface area contributed by atoms with Crippen molar-refractivity contribution in [2.45, 2.75) is 111 Å². The Bertz CT molecular complexity index is 543. The van der Waals surface area contributed by atoms with Crippen molar-refractivity contribution in [2.75, 3.05) is 24.7 Å². The number of hydrogen-bond acceptors (Lipinski definition) is 7. The Morgan fingerprint density at radius 1 is 0.912 bits per heavy atom. The number of carboxylic acids is 1. The minimum Gasteiger partial charge on any atom is -0.480 e. The second kappa shape index (κ2) is 25.8. The molecule has 0 aromatic heterocycles. The van der Waals surface area contributed by atoms with Gasteiger partial charge in [0.15, 0.2) is 0 Å². The summed E-state index contributed by atoms with van der Waals surface area (Å²) in [6.45, 7) is 7.39. The number of carbonyl (C=O) groups is 4.